The number of carbonyl (C=O) groups is 2. The lowest BCUT2D eigenvalue weighted by Gasteiger charge is -2.19. The fraction of sp³-hybridized carbons (Fsp3) is 0.688. The van der Waals surface area contributed by atoms with Crippen molar-refractivity contribution in [3.63, 3.8) is 0 Å². The molecule has 6 nitrogen and oxygen atoms in total. The van der Waals surface area contributed by atoms with Crippen LogP contribution in [0, 0.1) is 17.8 Å². The standard InChI is InChI=1S/C16H22N4O2/c1-20-8-11(6-15(20)21)16(22)17-14-7-13(18-19-14)12-5-9-2-3-10(12)4-9/h7,9-12H,2-6,8H2,1H3,(H2,17,18,19,22). The number of aromatic amines is 1. The van der Waals surface area contributed by atoms with Gasteiger partial charge in [0.1, 0.15) is 0 Å². The van der Waals surface area contributed by atoms with E-state index in [1.165, 1.54) is 25.7 Å². The topological polar surface area (TPSA) is 78.1 Å². The van der Waals surface area contributed by atoms with Crippen LogP contribution in [0.1, 0.15) is 43.7 Å². The molecule has 1 aromatic rings. The number of carbonyl (C=O) groups excluding carboxylic acids is 2. The summed E-state index contributed by atoms with van der Waals surface area (Å²) >= 11 is 0. The van der Waals surface area contributed by atoms with Crippen LogP contribution in [0.4, 0.5) is 5.82 Å². The zero-order valence-corrected chi connectivity index (χ0v) is 12.8. The van der Waals surface area contributed by atoms with Crippen molar-refractivity contribution in [1.29, 1.82) is 0 Å². The average molecular weight is 302 g/mol. The van der Waals surface area contributed by atoms with Gasteiger partial charge in [-0.05, 0) is 31.1 Å². The first-order valence-electron chi connectivity index (χ1n) is 8.20. The van der Waals surface area contributed by atoms with Gasteiger partial charge < -0.3 is 10.2 Å². The first-order valence-corrected chi connectivity index (χ1v) is 8.20. The third kappa shape index (κ3) is 2.30. The molecule has 1 aliphatic heterocycles. The lowest BCUT2D eigenvalue weighted by molar-refractivity contribution is -0.127. The summed E-state index contributed by atoms with van der Waals surface area (Å²) in [6.07, 6.45) is 5.60. The first-order chi connectivity index (χ1) is 10.6. The fourth-order valence-corrected chi connectivity index (χ4v) is 4.48. The molecular formula is C16H22N4O2. The Hall–Kier alpha value is -1.85. The normalized spacial score (nSPS) is 33.7. The van der Waals surface area contributed by atoms with Gasteiger partial charge in [-0.15, -0.1) is 0 Å². The van der Waals surface area contributed by atoms with E-state index in [0.29, 0.717) is 24.7 Å². The number of amides is 2. The van der Waals surface area contributed by atoms with Crippen LogP contribution < -0.4 is 5.32 Å². The van der Waals surface area contributed by atoms with Crippen LogP contribution in [0.5, 0.6) is 0 Å². The van der Waals surface area contributed by atoms with Crippen molar-refractivity contribution < 1.29 is 9.59 Å². The molecule has 118 valence electrons. The quantitative estimate of drug-likeness (QED) is 0.892. The van der Waals surface area contributed by atoms with Crippen molar-refractivity contribution in [1.82, 2.24) is 15.1 Å². The Balaban J connectivity index is 1.40. The van der Waals surface area contributed by atoms with Crippen molar-refractivity contribution in [3.8, 4) is 0 Å². The van der Waals surface area contributed by atoms with Gasteiger partial charge in [-0.1, -0.05) is 6.42 Å². The monoisotopic (exact) mass is 302 g/mol. The molecule has 4 rings (SSSR count). The number of rotatable bonds is 3. The molecule has 4 atom stereocenters. The molecule has 1 aromatic heterocycles. The van der Waals surface area contributed by atoms with Crippen molar-refractivity contribution >= 4 is 17.6 Å². The van der Waals surface area contributed by atoms with Crippen LogP contribution in [-0.4, -0.2) is 40.5 Å². The Morgan fingerprint density at radius 2 is 2.27 bits per heavy atom. The molecule has 0 radical (unpaired) electrons. The van der Waals surface area contributed by atoms with E-state index < -0.39 is 0 Å². The Labute approximate surface area is 129 Å². The SMILES string of the molecule is CN1CC(C(=O)Nc2cc(C3CC4CCC3C4)[nH]n2)CC1=O. The minimum atomic E-state index is -0.264. The molecule has 0 spiro atoms. The molecule has 6 heteroatoms. The van der Waals surface area contributed by atoms with E-state index in [9.17, 15) is 9.59 Å². The van der Waals surface area contributed by atoms with Crippen molar-refractivity contribution in [2.24, 2.45) is 17.8 Å². The predicted molar refractivity (Wildman–Crippen MR) is 81.2 cm³/mol. The summed E-state index contributed by atoms with van der Waals surface area (Å²) < 4.78 is 0. The second-order valence-electron chi connectivity index (χ2n) is 7.15. The van der Waals surface area contributed by atoms with Gasteiger partial charge in [0.15, 0.2) is 5.82 Å². The maximum absolute atomic E-state index is 12.2. The highest BCUT2D eigenvalue weighted by Gasteiger charge is 2.41. The van der Waals surface area contributed by atoms with E-state index in [0.717, 1.165) is 17.5 Å². The van der Waals surface area contributed by atoms with E-state index in [4.69, 9.17) is 0 Å². The summed E-state index contributed by atoms with van der Waals surface area (Å²) in [6, 6.07) is 1.98. The minimum Gasteiger partial charge on any atom is -0.345 e. The molecule has 4 unspecified atom stereocenters. The Bertz CT molecular complexity index is 611. The maximum atomic E-state index is 12.2. The van der Waals surface area contributed by atoms with Gasteiger partial charge in [-0.3, -0.25) is 14.7 Å². The maximum Gasteiger partial charge on any atom is 0.230 e. The summed E-state index contributed by atoms with van der Waals surface area (Å²) in [5.74, 6) is 2.50. The second kappa shape index (κ2) is 5.11. The van der Waals surface area contributed by atoms with Gasteiger partial charge in [-0.2, -0.15) is 5.10 Å². The number of nitrogens with one attached hydrogen (secondary N) is 2. The van der Waals surface area contributed by atoms with Gasteiger partial charge in [0.2, 0.25) is 11.8 Å². The molecule has 1 saturated heterocycles. The van der Waals surface area contributed by atoms with E-state index in [1.807, 2.05) is 6.07 Å². The lowest BCUT2D eigenvalue weighted by Crippen LogP contribution is -2.25. The summed E-state index contributed by atoms with van der Waals surface area (Å²) in [5, 5.41) is 10.2. The van der Waals surface area contributed by atoms with Crippen molar-refractivity contribution in [3.05, 3.63) is 11.8 Å². The number of likely N-dealkylation sites (tertiary alicyclic amines) is 1. The van der Waals surface area contributed by atoms with E-state index in [-0.39, 0.29) is 17.7 Å². The highest BCUT2D eigenvalue weighted by molar-refractivity contribution is 5.96. The molecule has 2 aliphatic carbocycles. The van der Waals surface area contributed by atoms with Gasteiger partial charge >= 0.3 is 0 Å². The number of hydrogen-bond acceptors (Lipinski definition) is 3. The Morgan fingerprint density at radius 3 is 2.91 bits per heavy atom. The lowest BCUT2D eigenvalue weighted by atomic mass is 9.86. The van der Waals surface area contributed by atoms with Crippen LogP contribution in [0.15, 0.2) is 6.07 Å². The number of fused-ring (bicyclic) bond motifs is 2. The molecular weight excluding hydrogens is 280 g/mol. The highest BCUT2D eigenvalue weighted by Crippen LogP contribution is 2.52. The molecule has 2 N–H and O–H groups in total. The summed E-state index contributed by atoms with van der Waals surface area (Å²) in [6.45, 7) is 0.494. The van der Waals surface area contributed by atoms with Gasteiger partial charge in [0.25, 0.3) is 0 Å². The number of hydrogen-bond donors (Lipinski definition) is 2. The van der Waals surface area contributed by atoms with Gasteiger partial charge in [0, 0.05) is 37.7 Å². The minimum absolute atomic E-state index is 0.0323. The molecule has 2 heterocycles. The van der Waals surface area contributed by atoms with Crippen molar-refractivity contribution in [2.75, 3.05) is 18.9 Å². The molecule has 2 saturated carbocycles. The highest BCUT2D eigenvalue weighted by atomic mass is 16.2. The van der Waals surface area contributed by atoms with Crippen LogP contribution in [-0.2, 0) is 9.59 Å². The molecule has 0 aromatic carbocycles. The molecule has 3 fully saturated rings. The predicted octanol–water partition coefficient (Wildman–Crippen LogP) is 1.73. The number of aromatic nitrogens is 2. The van der Waals surface area contributed by atoms with Crippen LogP contribution in [0.3, 0.4) is 0 Å². The van der Waals surface area contributed by atoms with E-state index >= 15 is 0 Å². The van der Waals surface area contributed by atoms with E-state index in [1.54, 1.807) is 11.9 Å². The number of nitrogens with zero attached hydrogens (tertiary/aromatic N) is 2. The first kappa shape index (κ1) is 13.8. The fourth-order valence-electron chi connectivity index (χ4n) is 4.48. The smallest absolute Gasteiger partial charge is 0.230 e. The van der Waals surface area contributed by atoms with Crippen LogP contribution in [0.2, 0.25) is 0 Å². The zero-order chi connectivity index (χ0) is 15.3. The number of anilines is 1. The van der Waals surface area contributed by atoms with Crippen molar-refractivity contribution in [2.45, 2.75) is 38.0 Å². The van der Waals surface area contributed by atoms with Crippen LogP contribution >= 0.6 is 0 Å². The largest absolute Gasteiger partial charge is 0.345 e. The average Bonchev–Trinajstić information content (AvgIpc) is 3.24. The Morgan fingerprint density at radius 1 is 1.41 bits per heavy atom. The molecule has 3 aliphatic rings. The number of H-pyrrole nitrogens is 1. The molecule has 22 heavy (non-hydrogen) atoms. The van der Waals surface area contributed by atoms with E-state index in [2.05, 4.69) is 15.5 Å². The Kier molecular flexibility index (Phi) is 3.20. The second-order valence-corrected chi connectivity index (χ2v) is 7.15. The summed E-state index contributed by atoms with van der Waals surface area (Å²) in [7, 11) is 1.73. The third-order valence-corrected chi connectivity index (χ3v) is 5.70. The summed E-state index contributed by atoms with van der Waals surface area (Å²) in [4.78, 5) is 25.3. The van der Waals surface area contributed by atoms with Gasteiger partial charge in [-0.25, -0.2) is 0 Å². The van der Waals surface area contributed by atoms with Crippen LogP contribution in [0.25, 0.3) is 0 Å². The third-order valence-electron chi connectivity index (χ3n) is 5.70. The molecule has 2 bridgehead atoms. The van der Waals surface area contributed by atoms with Gasteiger partial charge in [0.05, 0.1) is 5.92 Å². The zero-order valence-electron chi connectivity index (χ0n) is 12.8. The molecule has 2 amide bonds. The summed E-state index contributed by atoms with van der Waals surface area (Å²) in [5.41, 5.74) is 1.15.